The minimum atomic E-state index is 0.0107. The second-order valence-corrected chi connectivity index (χ2v) is 10.5. The van der Waals surface area contributed by atoms with Crippen LogP contribution in [0.2, 0.25) is 0 Å². The number of para-hydroxylation sites is 3. The van der Waals surface area contributed by atoms with E-state index in [1.165, 1.54) is 21.8 Å². The van der Waals surface area contributed by atoms with E-state index < -0.39 is 0 Å². The molecule has 0 aliphatic carbocycles. The van der Waals surface area contributed by atoms with Crippen molar-refractivity contribution < 1.29 is 9.47 Å². The van der Waals surface area contributed by atoms with Gasteiger partial charge in [-0.05, 0) is 70.6 Å². The lowest BCUT2D eigenvalue weighted by atomic mass is 9.35. The van der Waals surface area contributed by atoms with E-state index in [9.17, 15) is 0 Å². The molecule has 0 fully saturated rings. The summed E-state index contributed by atoms with van der Waals surface area (Å²) in [5.74, 6) is 3.49. The van der Waals surface area contributed by atoms with Gasteiger partial charge in [-0.1, -0.05) is 84.9 Å². The maximum Gasteiger partial charge on any atom is 0.260 e. The van der Waals surface area contributed by atoms with Crippen molar-refractivity contribution in [1.29, 1.82) is 0 Å². The Morgan fingerprint density at radius 2 is 1.05 bits per heavy atom. The van der Waals surface area contributed by atoms with Crippen molar-refractivity contribution in [3.8, 4) is 39.8 Å². The lowest BCUT2D eigenvalue weighted by molar-refractivity contribution is 0.465. The normalized spacial score (nSPS) is 12.8. The molecule has 0 atom stereocenters. The summed E-state index contributed by atoms with van der Waals surface area (Å²) in [5, 5.41) is 2.51. The summed E-state index contributed by atoms with van der Waals surface area (Å²) in [5.41, 5.74) is 9.13. The number of ether oxygens (including phenoxy) is 2. The van der Waals surface area contributed by atoms with Gasteiger partial charge in [0.2, 0.25) is 0 Å². The molecule has 3 nitrogen and oxygen atoms in total. The van der Waals surface area contributed by atoms with E-state index in [4.69, 9.17) is 9.47 Å². The molecule has 2 aliphatic rings. The zero-order valence-corrected chi connectivity index (χ0v) is 21.5. The molecule has 0 N–H and O–H groups in total. The quantitative estimate of drug-likeness (QED) is 0.230. The van der Waals surface area contributed by atoms with Crippen LogP contribution in [-0.2, 0) is 0 Å². The van der Waals surface area contributed by atoms with Crippen LogP contribution in [-0.4, -0.2) is 11.3 Å². The van der Waals surface area contributed by atoms with E-state index in [1.54, 1.807) is 0 Å². The summed E-state index contributed by atoms with van der Waals surface area (Å²) in [6.45, 7) is 0.0107. The van der Waals surface area contributed by atoms with Gasteiger partial charge in [0.25, 0.3) is 6.71 Å². The summed E-state index contributed by atoms with van der Waals surface area (Å²) in [4.78, 5) is 0. The molecule has 0 radical (unpaired) electrons. The molecule has 4 heteroatoms. The SMILES string of the molecule is c1ccc(-c2cc3c4c(c2)Oc2ccc(-n5c6ccccc6c6ccccc65)cc2B4c2ccccc2O3)cc1. The van der Waals surface area contributed by atoms with E-state index in [1.807, 2.05) is 12.1 Å². The fraction of sp³-hybridized carbons (Fsp3) is 0. The van der Waals surface area contributed by atoms with Crippen molar-refractivity contribution in [2.45, 2.75) is 0 Å². The van der Waals surface area contributed by atoms with Crippen LogP contribution in [0, 0.1) is 0 Å². The molecule has 0 saturated carbocycles. The van der Waals surface area contributed by atoms with Gasteiger partial charge < -0.3 is 14.0 Å². The molecule has 186 valence electrons. The second kappa shape index (κ2) is 8.14. The van der Waals surface area contributed by atoms with Crippen molar-refractivity contribution in [1.82, 2.24) is 4.57 Å². The summed E-state index contributed by atoms with van der Waals surface area (Å²) in [6.07, 6.45) is 0. The topological polar surface area (TPSA) is 23.4 Å². The Morgan fingerprint density at radius 1 is 0.450 bits per heavy atom. The predicted molar refractivity (Wildman–Crippen MR) is 164 cm³/mol. The van der Waals surface area contributed by atoms with Crippen molar-refractivity contribution in [2.75, 3.05) is 0 Å². The standard InChI is InChI=1S/C36H22BNO2/c1-2-10-23(11-3-1)24-20-34-36-35(21-24)40-33-19-18-25(22-29(33)37(36)28-14-6-9-17-32(28)39-34)38-30-15-7-4-12-26(30)27-13-5-8-16-31(27)38/h1-22H. The fourth-order valence-electron chi connectivity index (χ4n) is 6.57. The van der Waals surface area contributed by atoms with Gasteiger partial charge in [-0.3, -0.25) is 0 Å². The summed E-state index contributed by atoms with van der Waals surface area (Å²) in [7, 11) is 0. The molecule has 9 rings (SSSR count). The molecule has 1 aromatic heterocycles. The van der Waals surface area contributed by atoms with Crippen LogP contribution in [0.1, 0.15) is 0 Å². The van der Waals surface area contributed by atoms with E-state index >= 15 is 0 Å². The molecule has 2 aliphatic heterocycles. The first-order valence-corrected chi connectivity index (χ1v) is 13.6. The average Bonchev–Trinajstić information content (AvgIpc) is 3.35. The third-order valence-electron chi connectivity index (χ3n) is 8.31. The van der Waals surface area contributed by atoms with Crippen molar-refractivity contribution in [2.24, 2.45) is 0 Å². The molecule has 0 saturated heterocycles. The van der Waals surface area contributed by atoms with Crippen LogP contribution in [0.5, 0.6) is 23.0 Å². The highest BCUT2D eigenvalue weighted by atomic mass is 16.5. The molecular formula is C36H22BNO2. The van der Waals surface area contributed by atoms with E-state index in [0.29, 0.717) is 0 Å². The molecule has 6 aromatic carbocycles. The number of rotatable bonds is 2. The van der Waals surface area contributed by atoms with Crippen molar-refractivity contribution in [3.63, 3.8) is 0 Å². The van der Waals surface area contributed by atoms with Crippen molar-refractivity contribution >= 4 is 44.9 Å². The minimum Gasteiger partial charge on any atom is -0.458 e. The van der Waals surface area contributed by atoms with Gasteiger partial charge in [-0.2, -0.15) is 0 Å². The van der Waals surface area contributed by atoms with Crippen LogP contribution >= 0.6 is 0 Å². The number of fused-ring (bicyclic) bond motifs is 7. The van der Waals surface area contributed by atoms with Gasteiger partial charge in [0, 0.05) is 21.9 Å². The van der Waals surface area contributed by atoms with Gasteiger partial charge in [0.05, 0.1) is 11.0 Å². The molecule has 0 amide bonds. The summed E-state index contributed by atoms with van der Waals surface area (Å²) < 4.78 is 15.6. The Bertz CT molecular complexity index is 2060. The molecule has 0 unspecified atom stereocenters. The molecule has 3 heterocycles. The van der Waals surface area contributed by atoms with E-state index in [-0.39, 0.29) is 6.71 Å². The number of nitrogens with zero attached hydrogens (tertiary/aromatic N) is 1. The average molecular weight is 511 g/mol. The van der Waals surface area contributed by atoms with Gasteiger partial charge in [-0.15, -0.1) is 0 Å². The Morgan fingerprint density at radius 3 is 1.77 bits per heavy atom. The number of hydrogen-bond acceptors (Lipinski definition) is 2. The minimum absolute atomic E-state index is 0.0107. The predicted octanol–water partition coefficient (Wildman–Crippen LogP) is 7.18. The fourth-order valence-corrected chi connectivity index (χ4v) is 6.57. The molecule has 0 spiro atoms. The molecule has 40 heavy (non-hydrogen) atoms. The first kappa shape index (κ1) is 21.7. The second-order valence-electron chi connectivity index (χ2n) is 10.5. The van der Waals surface area contributed by atoms with Crippen LogP contribution in [0.25, 0.3) is 38.6 Å². The van der Waals surface area contributed by atoms with Gasteiger partial charge in [0.15, 0.2) is 0 Å². The van der Waals surface area contributed by atoms with Gasteiger partial charge in [0.1, 0.15) is 23.0 Å². The Hall–Kier alpha value is -5.22. The van der Waals surface area contributed by atoms with Crippen LogP contribution in [0.3, 0.4) is 0 Å². The molecule has 0 bridgehead atoms. The largest absolute Gasteiger partial charge is 0.458 e. The first-order chi connectivity index (χ1) is 19.8. The highest BCUT2D eigenvalue weighted by Gasteiger charge is 2.40. The van der Waals surface area contributed by atoms with Gasteiger partial charge >= 0.3 is 0 Å². The Labute approximate surface area is 231 Å². The number of benzene rings is 6. The third-order valence-corrected chi connectivity index (χ3v) is 8.31. The first-order valence-electron chi connectivity index (χ1n) is 13.6. The number of hydrogen-bond donors (Lipinski definition) is 0. The lowest BCUT2D eigenvalue weighted by Crippen LogP contribution is -2.57. The highest BCUT2D eigenvalue weighted by Crippen LogP contribution is 2.39. The van der Waals surface area contributed by atoms with Crippen LogP contribution in [0.4, 0.5) is 0 Å². The summed E-state index contributed by atoms with van der Waals surface area (Å²) in [6, 6.07) is 47.0. The van der Waals surface area contributed by atoms with Gasteiger partial charge in [-0.25, -0.2) is 0 Å². The lowest BCUT2D eigenvalue weighted by Gasteiger charge is -2.33. The monoisotopic (exact) mass is 511 g/mol. The van der Waals surface area contributed by atoms with Crippen LogP contribution in [0.15, 0.2) is 133 Å². The third kappa shape index (κ3) is 3.02. The van der Waals surface area contributed by atoms with E-state index in [2.05, 4.69) is 126 Å². The Kier molecular flexibility index (Phi) is 4.41. The summed E-state index contributed by atoms with van der Waals surface area (Å²) >= 11 is 0. The molecule has 7 aromatic rings. The van der Waals surface area contributed by atoms with Crippen molar-refractivity contribution in [3.05, 3.63) is 133 Å². The maximum absolute atomic E-state index is 6.66. The van der Waals surface area contributed by atoms with Crippen LogP contribution < -0.4 is 25.9 Å². The zero-order chi connectivity index (χ0) is 26.2. The highest BCUT2D eigenvalue weighted by molar-refractivity contribution is 6.98. The number of aromatic nitrogens is 1. The Balaban J connectivity index is 1.29. The zero-order valence-electron chi connectivity index (χ0n) is 21.5. The maximum atomic E-state index is 6.66. The van der Waals surface area contributed by atoms with E-state index in [0.717, 1.165) is 56.2 Å². The molecular weight excluding hydrogens is 489 g/mol. The smallest absolute Gasteiger partial charge is 0.260 e.